The molecule has 0 spiro atoms. The number of nitrogens with one attached hydrogen (secondary N) is 1. The molecular formula is C10H11F3N2. The van der Waals surface area contributed by atoms with Crippen LogP contribution < -0.4 is 5.32 Å². The van der Waals surface area contributed by atoms with Gasteiger partial charge in [0.1, 0.15) is 5.69 Å². The van der Waals surface area contributed by atoms with E-state index in [1.807, 2.05) is 0 Å². The Morgan fingerprint density at radius 3 is 2.40 bits per heavy atom. The Morgan fingerprint density at radius 2 is 2.00 bits per heavy atom. The predicted molar refractivity (Wildman–Crippen MR) is 50.5 cm³/mol. The van der Waals surface area contributed by atoms with Crippen LogP contribution in [0.4, 0.5) is 18.9 Å². The molecule has 1 aliphatic carbocycles. The van der Waals surface area contributed by atoms with Crippen LogP contribution in [0.25, 0.3) is 0 Å². The zero-order chi connectivity index (χ0) is 10.9. The van der Waals surface area contributed by atoms with Gasteiger partial charge in [0.15, 0.2) is 0 Å². The fourth-order valence-electron chi connectivity index (χ4n) is 1.44. The monoisotopic (exact) mass is 216 g/mol. The summed E-state index contributed by atoms with van der Waals surface area (Å²) in [7, 11) is 0. The van der Waals surface area contributed by atoms with Crippen molar-refractivity contribution >= 4 is 5.69 Å². The van der Waals surface area contributed by atoms with Gasteiger partial charge in [0.05, 0.1) is 11.9 Å². The lowest BCUT2D eigenvalue weighted by molar-refractivity contribution is -0.141. The number of pyridine rings is 1. The topological polar surface area (TPSA) is 24.9 Å². The summed E-state index contributed by atoms with van der Waals surface area (Å²) in [4.78, 5) is 3.37. The quantitative estimate of drug-likeness (QED) is 0.821. The molecule has 1 N–H and O–H groups in total. The van der Waals surface area contributed by atoms with Crippen molar-refractivity contribution in [3.05, 3.63) is 24.0 Å². The second kappa shape index (κ2) is 3.72. The molecule has 1 heterocycles. The molecule has 0 amide bonds. The molecule has 2 rings (SSSR count). The molecule has 0 aromatic carbocycles. The molecular weight excluding hydrogens is 205 g/mol. The van der Waals surface area contributed by atoms with Crippen molar-refractivity contribution in [3.8, 4) is 0 Å². The summed E-state index contributed by atoms with van der Waals surface area (Å²) in [5, 5.41) is 3.13. The highest BCUT2D eigenvalue weighted by Crippen LogP contribution is 2.28. The van der Waals surface area contributed by atoms with Gasteiger partial charge < -0.3 is 5.32 Å². The van der Waals surface area contributed by atoms with Gasteiger partial charge >= 0.3 is 6.18 Å². The Bertz CT molecular complexity index is 328. The number of anilines is 1. The maximum atomic E-state index is 12.2. The Morgan fingerprint density at radius 1 is 1.27 bits per heavy atom. The van der Waals surface area contributed by atoms with Crippen molar-refractivity contribution in [1.82, 2.24) is 4.98 Å². The van der Waals surface area contributed by atoms with Gasteiger partial charge in [0.25, 0.3) is 0 Å². The van der Waals surface area contributed by atoms with E-state index in [4.69, 9.17) is 0 Å². The first-order valence-corrected chi connectivity index (χ1v) is 4.85. The molecule has 1 aromatic rings. The maximum Gasteiger partial charge on any atom is 0.433 e. The van der Waals surface area contributed by atoms with Gasteiger partial charge in [-0.2, -0.15) is 13.2 Å². The van der Waals surface area contributed by atoms with Crippen LogP contribution in [0.1, 0.15) is 25.0 Å². The first kappa shape index (κ1) is 10.3. The number of rotatable bonds is 2. The minimum Gasteiger partial charge on any atom is -0.381 e. The molecule has 0 saturated heterocycles. The van der Waals surface area contributed by atoms with Crippen LogP contribution in [0, 0.1) is 0 Å². The first-order chi connectivity index (χ1) is 7.05. The van der Waals surface area contributed by atoms with Crippen LogP contribution in [0.2, 0.25) is 0 Å². The van der Waals surface area contributed by atoms with E-state index < -0.39 is 11.9 Å². The highest BCUT2D eigenvalue weighted by Gasteiger charge is 2.32. The third-order valence-corrected chi connectivity index (χ3v) is 2.53. The smallest absolute Gasteiger partial charge is 0.381 e. The van der Waals surface area contributed by atoms with Crippen molar-refractivity contribution in [2.45, 2.75) is 31.5 Å². The van der Waals surface area contributed by atoms with Gasteiger partial charge in [0.2, 0.25) is 0 Å². The Hall–Kier alpha value is -1.26. The zero-order valence-electron chi connectivity index (χ0n) is 8.01. The Kier molecular flexibility index (Phi) is 2.54. The van der Waals surface area contributed by atoms with Gasteiger partial charge in [-0.3, -0.25) is 0 Å². The average Bonchev–Trinajstić information content (AvgIpc) is 2.11. The molecule has 1 aliphatic rings. The van der Waals surface area contributed by atoms with Gasteiger partial charge in [-0.25, -0.2) is 4.98 Å². The zero-order valence-corrected chi connectivity index (χ0v) is 8.01. The summed E-state index contributed by atoms with van der Waals surface area (Å²) in [6.07, 6.45) is 0.240. The molecule has 0 radical (unpaired) electrons. The van der Waals surface area contributed by atoms with Crippen molar-refractivity contribution in [2.24, 2.45) is 0 Å². The highest BCUT2D eigenvalue weighted by atomic mass is 19.4. The number of hydrogen-bond donors (Lipinski definition) is 1. The lowest BCUT2D eigenvalue weighted by Crippen LogP contribution is -2.27. The highest BCUT2D eigenvalue weighted by molar-refractivity contribution is 5.42. The van der Waals surface area contributed by atoms with Crippen molar-refractivity contribution in [2.75, 3.05) is 5.32 Å². The normalized spacial score (nSPS) is 17.3. The summed E-state index contributed by atoms with van der Waals surface area (Å²) >= 11 is 0. The van der Waals surface area contributed by atoms with Gasteiger partial charge in [0, 0.05) is 6.04 Å². The summed E-state index contributed by atoms with van der Waals surface area (Å²) in [6, 6.07) is 2.83. The van der Waals surface area contributed by atoms with Gasteiger partial charge in [-0.15, -0.1) is 0 Å². The predicted octanol–water partition coefficient (Wildman–Crippen LogP) is 3.06. The first-order valence-electron chi connectivity index (χ1n) is 4.85. The van der Waals surface area contributed by atoms with Gasteiger partial charge in [-0.05, 0) is 31.4 Å². The largest absolute Gasteiger partial charge is 0.433 e. The van der Waals surface area contributed by atoms with Crippen molar-refractivity contribution < 1.29 is 13.2 Å². The molecule has 1 saturated carbocycles. The van der Waals surface area contributed by atoms with E-state index in [2.05, 4.69) is 10.3 Å². The number of alkyl halides is 3. The van der Waals surface area contributed by atoms with Crippen LogP contribution in [0.5, 0.6) is 0 Å². The van der Waals surface area contributed by atoms with Crippen LogP contribution in [-0.4, -0.2) is 11.0 Å². The minimum atomic E-state index is -4.35. The Balaban J connectivity index is 2.03. The molecule has 0 bridgehead atoms. The second-order valence-electron chi connectivity index (χ2n) is 3.70. The van der Waals surface area contributed by atoms with E-state index in [1.165, 1.54) is 18.7 Å². The summed E-state index contributed by atoms with van der Waals surface area (Å²) < 4.78 is 36.5. The summed E-state index contributed by atoms with van der Waals surface area (Å²) in [6.45, 7) is 0. The molecule has 0 unspecified atom stereocenters. The molecule has 15 heavy (non-hydrogen) atoms. The summed E-state index contributed by atoms with van der Waals surface area (Å²) in [5.74, 6) is 0. The van der Waals surface area contributed by atoms with Crippen LogP contribution in [0.15, 0.2) is 18.3 Å². The van der Waals surface area contributed by atoms with Crippen molar-refractivity contribution in [1.29, 1.82) is 0 Å². The number of hydrogen-bond acceptors (Lipinski definition) is 2. The lowest BCUT2D eigenvalue weighted by atomic mass is 9.93. The summed E-state index contributed by atoms with van der Waals surface area (Å²) in [5.41, 5.74) is -0.186. The third-order valence-electron chi connectivity index (χ3n) is 2.53. The van der Waals surface area contributed by atoms with Crippen molar-refractivity contribution in [3.63, 3.8) is 0 Å². The standard InChI is InChI=1S/C10H11F3N2/c11-10(12,13)9-5-4-8(6-14-9)15-7-2-1-3-7/h4-7,15H,1-3H2. The average molecular weight is 216 g/mol. The SMILES string of the molecule is FC(F)(F)c1ccc(NC2CCC2)cn1. The number of halogens is 3. The molecule has 1 fully saturated rings. The Labute approximate surface area is 85.5 Å². The van der Waals surface area contributed by atoms with E-state index in [0.29, 0.717) is 11.7 Å². The fraction of sp³-hybridized carbons (Fsp3) is 0.500. The number of aromatic nitrogens is 1. The molecule has 5 heteroatoms. The van der Waals surface area contributed by atoms with E-state index in [-0.39, 0.29) is 0 Å². The van der Waals surface area contributed by atoms with Crippen LogP contribution in [-0.2, 0) is 6.18 Å². The third kappa shape index (κ3) is 2.40. The van der Waals surface area contributed by atoms with E-state index in [1.54, 1.807) is 0 Å². The van der Waals surface area contributed by atoms with E-state index in [0.717, 1.165) is 18.9 Å². The minimum absolute atomic E-state index is 0.406. The maximum absolute atomic E-state index is 12.2. The number of nitrogens with zero attached hydrogens (tertiary/aromatic N) is 1. The molecule has 82 valence electrons. The van der Waals surface area contributed by atoms with E-state index >= 15 is 0 Å². The van der Waals surface area contributed by atoms with Crippen LogP contribution >= 0.6 is 0 Å². The molecule has 0 atom stereocenters. The van der Waals surface area contributed by atoms with E-state index in [9.17, 15) is 13.2 Å². The molecule has 1 aromatic heterocycles. The molecule has 2 nitrogen and oxygen atoms in total. The van der Waals surface area contributed by atoms with Crippen LogP contribution in [0.3, 0.4) is 0 Å². The second-order valence-corrected chi connectivity index (χ2v) is 3.70. The fourth-order valence-corrected chi connectivity index (χ4v) is 1.44. The lowest BCUT2D eigenvalue weighted by Gasteiger charge is -2.27. The van der Waals surface area contributed by atoms with Gasteiger partial charge in [-0.1, -0.05) is 0 Å². The molecule has 0 aliphatic heterocycles.